The van der Waals surface area contributed by atoms with Crippen molar-refractivity contribution in [2.24, 2.45) is 0 Å². The van der Waals surface area contributed by atoms with E-state index in [9.17, 15) is 5.26 Å². The normalized spacial score (nSPS) is 10.3. The van der Waals surface area contributed by atoms with Gasteiger partial charge in [-0.25, -0.2) is 0 Å². The average Bonchev–Trinajstić information content (AvgIpc) is 2.74. The monoisotopic (exact) mass is 385 g/mol. The van der Waals surface area contributed by atoms with Gasteiger partial charge in [0.2, 0.25) is 11.5 Å². The van der Waals surface area contributed by atoms with Crippen LogP contribution in [0.15, 0.2) is 18.2 Å². The van der Waals surface area contributed by atoms with Crippen LogP contribution in [0.4, 0.5) is 0 Å². The Kier molecular flexibility index (Phi) is 6.99. The van der Waals surface area contributed by atoms with Crippen LogP contribution in [-0.2, 0) is 0 Å². The minimum Gasteiger partial charge on any atom is -0.493 e. The van der Waals surface area contributed by atoms with Crippen molar-refractivity contribution in [3.05, 3.63) is 34.9 Å². The van der Waals surface area contributed by atoms with Crippen molar-refractivity contribution in [2.75, 3.05) is 42.7 Å². The quantitative estimate of drug-likeness (QED) is 0.640. The minimum atomic E-state index is 0.322. The second-order valence-electron chi connectivity index (χ2n) is 5.48. The number of methoxy groups -OCH3 is 6. The van der Waals surface area contributed by atoms with Crippen molar-refractivity contribution >= 4 is 12.2 Å². The van der Waals surface area contributed by atoms with E-state index in [1.807, 2.05) is 12.1 Å². The molecular weight excluding hydrogens is 362 g/mol. The number of nitrogens with zero attached hydrogens (tertiary/aromatic N) is 1. The summed E-state index contributed by atoms with van der Waals surface area (Å²) < 4.78 is 32.4. The molecule has 0 radical (unpaired) electrons. The summed E-state index contributed by atoms with van der Waals surface area (Å²) in [6.45, 7) is 0. The maximum absolute atomic E-state index is 9.45. The Bertz CT molecular complexity index is 914. The van der Waals surface area contributed by atoms with Crippen LogP contribution in [0.2, 0.25) is 0 Å². The van der Waals surface area contributed by atoms with E-state index < -0.39 is 0 Å². The van der Waals surface area contributed by atoms with Crippen molar-refractivity contribution < 1.29 is 28.4 Å². The van der Waals surface area contributed by atoms with Crippen LogP contribution in [-0.4, -0.2) is 42.7 Å². The van der Waals surface area contributed by atoms with Crippen LogP contribution in [0.1, 0.15) is 16.7 Å². The molecular formula is C21H23NO6. The second kappa shape index (κ2) is 9.42. The fourth-order valence-electron chi connectivity index (χ4n) is 2.88. The summed E-state index contributed by atoms with van der Waals surface area (Å²) in [6.07, 6.45) is 3.62. The number of hydrogen-bond donors (Lipinski definition) is 0. The van der Waals surface area contributed by atoms with Crippen LogP contribution in [0.3, 0.4) is 0 Å². The molecule has 0 saturated carbocycles. The molecule has 0 aliphatic heterocycles. The molecule has 0 heterocycles. The lowest BCUT2D eigenvalue weighted by molar-refractivity contribution is 0.323. The zero-order chi connectivity index (χ0) is 20.7. The van der Waals surface area contributed by atoms with Crippen LogP contribution in [0.5, 0.6) is 34.5 Å². The minimum absolute atomic E-state index is 0.322. The van der Waals surface area contributed by atoms with E-state index in [4.69, 9.17) is 28.4 Å². The van der Waals surface area contributed by atoms with Crippen LogP contribution in [0, 0.1) is 11.3 Å². The Morgan fingerprint density at radius 2 is 1.18 bits per heavy atom. The molecule has 0 bridgehead atoms. The molecule has 0 unspecified atom stereocenters. The topological polar surface area (TPSA) is 79.2 Å². The molecule has 7 heteroatoms. The summed E-state index contributed by atoms with van der Waals surface area (Å²) in [7, 11) is 9.15. The first-order chi connectivity index (χ1) is 13.6. The standard InChI is InChI=1S/C21H23NO6/c1-23-16-10-9-13(17(24-2)20(16)27-5)7-8-14-11-15(12-22)19(26-4)21(28-6)18(14)25-3/h7-11H,1-6H3/b8-7+. The smallest absolute Gasteiger partial charge is 0.205 e. The number of rotatable bonds is 8. The third-order valence-electron chi connectivity index (χ3n) is 4.13. The molecule has 0 fully saturated rings. The van der Waals surface area contributed by atoms with Crippen molar-refractivity contribution in [3.8, 4) is 40.6 Å². The van der Waals surface area contributed by atoms with Gasteiger partial charge in [0.1, 0.15) is 6.07 Å². The molecule has 148 valence electrons. The summed E-state index contributed by atoms with van der Waals surface area (Å²) in [5, 5.41) is 9.45. The average molecular weight is 385 g/mol. The molecule has 0 aliphatic carbocycles. The van der Waals surface area contributed by atoms with Gasteiger partial charge in [-0.15, -0.1) is 0 Å². The zero-order valence-electron chi connectivity index (χ0n) is 16.8. The fraction of sp³-hybridized carbons (Fsp3) is 0.286. The van der Waals surface area contributed by atoms with Crippen molar-refractivity contribution in [2.45, 2.75) is 0 Å². The highest BCUT2D eigenvalue weighted by atomic mass is 16.5. The summed E-state index contributed by atoms with van der Waals surface area (Å²) >= 11 is 0. The van der Waals surface area contributed by atoms with Gasteiger partial charge in [0.25, 0.3) is 0 Å². The second-order valence-corrected chi connectivity index (χ2v) is 5.48. The van der Waals surface area contributed by atoms with E-state index in [0.29, 0.717) is 45.6 Å². The lowest BCUT2D eigenvalue weighted by Gasteiger charge is -2.16. The predicted octanol–water partition coefficient (Wildman–Crippen LogP) is 3.78. The molecule has 0 aliphatic rings. The largest absolute Gasteiger partial charge is 0.493 e. The van der Waals surface area contributed by atoms with Gasteiger partial charge in [-0.05, 0) is 18.2 Å². The van der Waals surface area contributed by atoms with Gasteiger partial charge < -0.3 is 28.4 Å². The van der Waals surface area contributed by atoms with E-state index in [-0.39, 0.29) is 0 Å². The highest BCUT2D eigenvalue weighted by molar-refractivity contribution is 5.80. The number of hydrogen-bond acceptors (Lipinski definition) is 7. The Morgan fingerprint density at radius 1 is 0.643 bits per heavy atom. The summed E-state index contributed by atoms with van der Waals surface area (Å²) in [6, 6.07) is 7.41. The van der Waals surface area contributed by atoms with Crippen LogP contribution in [0.25, 0.3) is 12.2 Å². The third-order valence-corrected chi connectivity index (χ3v) is 4.13. The number of ether oxygens (including phenoxy) is 6. The first-order valence-electron chi connectivity index (χ1n) is 8.30. The van der Waals surface area contributed by atoms with Gasteiger partial charge in [0.05, 0.1) is 48.2 Å². The lowest BCUT2D eigenvalue weighted by atomic mass is 10.0. The van der Waals surface area contributed by atoms with Gasteiger partial charge in [-0.1, -0.05) is 12.2 Å². The van der Waals surface area contributed by atoms with E-state index in [1.165, 1.54) is 21.3 Å². The molecule has 0 saturated heterocycles. The highest BCUT2D eigenvalue weighted by Gasteiger charge is 2.20. The van der Waals surface area contributed by atoms with E-state index in [0.717, 1.165) is 5.56 Å². The fourth-order valence-corrected chi connectivity index (χ4v) is 2.88. The molecule has 28 heavy (non-hydrogen) atoms. The molecule has 2 aromatic carbocycles. The Labute approximate surface area is 164 Å². The van der Waals surface area contributed by atoms with Crippen molar-refractivity contribution in [3.63, 3.8) is 0 Å². The zero-order valence-corrected chi connectivity index (χ0v) is 16.8. The molecule has 0 spiro atoms. The predicted molar refractivity (Wildman–Crippen MR) is 106 cm³/mol. The summed E-state index contributed by atoms with van der Waals surface area (Å²) in [4.78, 5) is 0. The highest BCUT2D eigenvalue weighted by Crippen LogP contribution is 2.44. The van der Waals surface area contributed by atoms with E-state index in [1.54, 1.807) is 39.5 Å². The first kappa shape index (κ1) is 20.8. The Morgan fingerprint density at radius 3 is 1.68 bits per heavy atom. The van der Waals surface area contributed by atoms with E-state index >= 15 is 0 Å². The van der Waals surface area contributed by atoms with Gasteiger partial charge in [0.15, 0.2) is 23.0 Å². The first-order valence-corrected chi connectivity index (χ1v) is 8.30. The molecule has 0 amide bonds. The lowest BCUT2D eigenvalue weighted by Crippen LogP contribution is -1.99. The maximum atomic E-state index is 9.45. The van der Waals surface area contributed by atoms with Gasteiger partial charge >= 0.3 is 0 Å². The molecule has 2 aromatic rings. The maximum Gasteiger partial charge on any atom is 0.205 e. The van der Waals surface area contributed by atoms with Gasteiger partial charge in [-0.3, -0.25) is 0 Å². The van der Waals surface area contributed by atoms with Gasteiger partial charge in [-0.2, -0.15) is 5.26 Å². The summed E-state index contributed by atoms with van der Waals surface area (Å²) in [5.74, 6) is 2.70. The third kappa shape index (κ3) is 3.76. The van der Waals surface area contributed by atoms with Crippen molar-refractivity contribution in [1.82, 2.24) is 0 Å². The van der Waals surface area contributed by atoms with Crippen molar-refractivity contribution in [1.29, 1.82) is 5.26 Å². The molecule has 7 nitrogen and oxygen atoms in total. The SMILES string of the molecule is COc1ccc(/C=C/c2cc(C#N)c(OC)c(OC)c2OC)c(OC)c1OC. The van der Waals surface area contributed by atoms with Crippen LogP contribution < -0.4 is 28.4 Å². The molecule has 2 rings (SSSR count). The Hall–Kier alpha value is -3.53. The Balaban J connectivity index is 2.63. The molecule has 0 atom stereocenters. The molecule has 0 aromatic heterocycles. The van der Waals surface area contributed by atoms with E-state index in [2.05, 4.69) is 6.07 Å². The summed E-state index contributed by atoms with van der Waals surface area (Å²) in [5.41, 5.74) is 1.74. The van der Waals surface area contributed by atoms with Gasteiger partial charge in [0, 0.05) is 11.1 Å². The van der Waals surface area contributed by atoms with Crippen LogP contribution >= 0.6 is 0 Å². The molecule has 0 N–H and O–H groups in total. The number of benzene rings is 2. The number of nitriles is 1.